The van der Waals surface area contributed by atoms with E-state index in [1.54, 1.807) is 24.3 Å². The van der Waals surface area contributed by atoms with E-state index < -0.39 is 5.97 Å². The van der Waals surface area contributed by atoms with Crippen molar-refractivity contribution in [3.63, 3.8) is 0 Å². The minimum absolute atomic E-state index is 0.572. The molecular formula is C10H9ClN2O2. The first-order valence-corrected chi connectivity index (χ1v) is 4.47. The van der Waals surface area contributed by atoms with E-state index in [0.29, 0.717) is 10.7 Å². The second-order valence-electron chi connectivity index (χ2n) is 2.48. The van der Waals surface area contributed by atoms with Crippen LogP contribution in [0.15, 0.2) is 41.9 Å². The van der Waals surface area contributed by atoms with Gasteiger partial charge in [-0.2, -0.15) is 0 Å². The molecule has 0 saturated carbocycles. The maximum Gasteiger partial charge on any atom is 0.355 e. The Labute approximate surface area is 92.2 Å². The number of hydrogen-bond donors (Lipinski definition) is 1. The fraction of sp³-hybridized carbons (Fsp3) is 0. The molecule has 1 aromatic rings. The number of nitrogens with zero attached hydrogens (tertiary/aromatic N) is 1. The van der Waals surface area contributed by atoms with E-state index in [-0.39, 0.29) is 0 Å². The minimum atomic E-state index is -0.572. The van der Waals surface area contributed by atoms with Gasteiger partial charge in [-0.25, -0.2) is 15.3 Å². The SMILES string of the molecule is C=CC(=O)ONC=Nc1ccc(Cl)cc1. The lowest BCUT2D eigenvalue weighted by Crippen LogP contribution is -2.15. The van der Waals surface area contributed by atoms with Gasteiger partial charge in [0.05, 0.1) is 5.69 Å². The Morgan fingerprint density at radius 3 is 2.73 bits per heavy atom. The van der Waals surface area contributed by atoms with E-state index >= 15 is 0 Å². The summed E-state index contributed by atoms with van der Waals surface area (Å²) in [4.78, 5) is 19.0. The summed E-state index contributed by atoms with van der Waals surface area (Å²) in [5.41, 5.74) is 2.95. The van der Waals surface area contributed by atoms with E-state index in [2.05, 4.69) is 21.9 Å². The topological polar surface area (TPSA) is 50.7 Å². The number of carbonyl (C=O) groups excluding carboxylic acids is 1. The van der Waals surface area contributed by atoms with E-state index in [9.17, 15) is 4.79 Å². The van der Waals surface area contributed by atoms with Gasteiger partial charge in [-0.05, 0) is 24.3 Å². The molecule has 1 N–H and O–H groups in total. The lowest BCUT2D eigenvalue weighted by atomic mass is 10.3. The van der Waals surface area contributed by atoms with Crippen molar-refractivity contribution in [1.29, 1.82) is 0 Å². The second-order valence-corrected chi connectivity index (χ2v) is 2.91. The van der Waals surface area contributed by atoms with Gasteiger partial charge in [0.1, 0.15) is 6.34 Å². The molecule has 0 radical (unpaired) electrons. The predicted molar refractivity (Wildman–Crippen MR) is 59.0 cm³/mol. The minimum Gasteiger partial charge on any atom is -0.338 e. The zero-order valence-electron chi connectivity index (χ0n) is 7.81. The van der Waals surface area contributed by atoms with Crippen LogP contribution in [-0.2, 0) is 9.63 Å². The highest BCUT2D eigenvalue weighted by molar-refractivity contribution is 6.30. The summed E-state index contributed by atoms with van der Waals surface area (Å²) in [5.74, 6) is -0.572. The summed E-state index contributed by atoms with van der Waals surface area (Å²) in [5, 5.41) is 0.639. The highest BCUT2D eigenvalue weighted by Crippen LogP contribution is 2.15. The molecule has 0 amide bonds. The number of hydroxylamine groups is 1. The maximum atomic E-state index is 10.6. The smallest absolute Gasteiger partial charge is 0.338 e. The first-order valence-electron chi connectivity index (χ1n) is 4.09. The largest absolute Gasteiger partial charge is 0.355 e. The van der Waals surface area contributed by atoms with Crippen LogP contribution in [0, 0.1) is 0 Å². The first kappa shape index (κ1) is 11.3. The summed E-state index contributed by atoms with van der Waals surface area (Å²) < 4.78 is 0. The molecule has 15 heavy (non-hydrogen) atoms. The lowest BCUT2D eigenvalue weighted by Gasteiger charge is -1.97. The van der Waals surface area contributed by atoms with E-state index in [1.807, 2.05) is 0 Å². The van der Waals surface area contributed by atoms with Crippen LogP contribution in [0.4, 0.5) is 5.69 Å². The van der Waals surface area contributed by atoms with Crippen molar-refractivity contribution < 1.29 is 9.63 Å². The number of rotatable bonds is 4. The zero-order valence-corrected chi connectivity index (χ0v) is 8.57. The number of carbonyl (C=O) groups is 1. The van der Waals surface area contributed by atoms with Crippen molar-refractivity contribution in [2.75, 3.05) is 0 Å². The molecule has 78 valence electrons. The normalized spacial score (nSPS) is 9.93. The van der Waals surface area contributed by atoms with Crippen LogP contribution in [0.5, 0.6) is 0 Å². The number of halogens is 1. The molecule has 0 spiro atoms. The Balaban J connectivity index is 2.41. The van der Waals surface area contributed by atoms with Crippen LogP contribution in [0.3, 0.4) is 0 Å². The zero-order chi connectivity index (χ0) is 11.1. The van der Waals surface area contributed by atoms with Gasteiger partial charge in [-0.3, -0.25) is 0 Å². The Morgan fingerprint density at radius 2 is 2.13 bits per heavy atom. The summed E-state index contributed by atoms with van der Waals surface area (Å²) >= 11 is 5.69. The average molecular weight is 225 g/mol. The highest BCUT2D eigenvalue weighted by Gasteiger charge is 1.91. The van der Waals surface area contributed by atoms with E-state index in [1.165, 1.54) is 6.34 Å². The Morgan fingerprint density at radius 1 is 1.47 bits per heavy atom. The molecule has 1 aromatic carbocycles. The lowest BCUT2D eigenvalue weighted by molar-refractivity contribution is -0.141. The van der Waals surface area contributed by atoms with Crippen LogP contribution in [-0.4, -0.2) is 12.3 Å². The van der Waals surface area contributed by atoms with Gasteiger partial charge in [0.25, 0.3) is 0 Å². The van der Waals surface area contributed by atoms with Gasteiger partial charge in [0.15, 0.2) is 0 Å². The second kappa shape index (κ2) is 5.82. The standard InChI is InChI=1S/C10H9ClN2O2/c1-2-10(14)15-13-7-12-9-5-3-8(11)4-6-9/h2-7H,1H2,(H,12,13). The summed E-state index contributed by atoms with van der Waals surface area (Å²) in [6, 6.07) is 6.89. The summed E-state index contributed by atoms with van der Waals surface area (Å²) in [6.07, 6.45) is 2.30. The molecule has 0 aromatic heterocycles. The maximum absolute atomic E-state index is 10.6. The van der Waals surface area contributed by atoms with Gasteiger partial charge >= 0.3 is 5.97 Å². The van der Waals surface area contributed by atoms with Crippen LogP contribution < -0.4 is 5.48 Å². The molecule has 0 fully saturated rings. The van der Waals surface area contributed by atoms with Gasteiger partial charge in [0.2, 0.25) is 0 Å². The Kier molecular flexibility index (Phi) is 4.37. The Bertz CT molecular complexity index is 374. The van der Waals surface area contributed by atoms with Crippen molar-refractivity contribution in [3.05, 3.63) is 41.9 Å². The third-order valence-electron chi connectivity index (χ3n) is 1.42. The van der Waals surface area contributed by atoms with Crippen LogP contribution in [0.1, 0.15) is 0 Å². The summed E-state index contributed by atoms with van der Waals surface area (Å²) in [6.45, 7) is 3.23. The molecule has 0 heterocycles. The molecule has 0 aliphatic rings. The van der Waals surface area contributed by atoms with Crippen molar-refractivity contribution in [2.45, 2.75) is 0 Å². The fourth-order valence-electron chi connectivity index (χ4n) is 0.754. The third kappa shape index (κ3) is 4.28. The molecule has 0 unspecified atom stereocenters. The number of nitrogens with one attached hydrogen (secondary N) is 1. The van der Waals surface area contributed by atoms with E-state index in [4.69, 9.17) is 11.6 Å². The number of hydrogen-bond acceptors (Lipinski definition) is 3. The van der Waals surface area contributed by atoms with Gasteiger partial charge in [-0.15, -0.1) is 0 Å². The van der Waals surface area contributed by atoms with E-state index in [0.717, 1.165) is 6.08 Å². The van der Waals surface area contributed by atoms with Crippen molar-refractivity contribution in [3.8, 4) is 0 Å². The predicted octanol–water partition coefficient (Wildman–Crippen LogP) is 2.23. The van der Waals surface area contributed by atoms with Gasteiger partial charge in [-0.1, -0.05) is 18.2 Å². The summed E-state index contributed by atoms with van der Waals surface area (Å²) in [7, 11) is 0. The molecular weight excluding hydrogens is 216 g/mol. The molecule has 5 heteroatoms. The van der Waals surface area contributed by atoms with Crippen molar-refractivity contribution in [2.24, 2.45) is 4.99 Å². The molecule has 0 bridgehead atoms. The van der Waals surface area contributed by atoms with Gasteiger partial charge < -0.3 is 4.84 Å². The third-order valence-corrected chi connectivity index (χ3v) is 1.67. The van der Waals surface area contributed by atoms with Crippen molar-refractivity contribution in [1.82, 2.24) is 5.48 Å². The molecule has 0 aliphatic heterocycles. The first-order chi connectivity index (χ1) is 7.22. The average Bonchev–Trinajstić information content (AvgIpc) is 2.26. The van der Waals surface area contributed by atoms with Crippen LogP contribution in [0.25, 0.3) is 0 Å². The van der Waals surface area contributed by atoms with Crippen molar-refractivity contribution >= 4 is 29.6 Å². The molecule has 0 atom stereocenters. The van der Waals surface area contributed by atoms with Crippen LogP contribution in [0.2, 0.25) is 5.02 Å². The molecule has 1 rings (SSSR count). The number of benzene rings is 1. The molecule has 4 nitrogen and oxygen atoms in total. The number of aliphatic imine (C=N–C) groups is 1. The van der Waals surface area contributed by atoms with Gasteiger partial charge in [0, 0.05) is 11.1 Å². The quantitative estimate of drug-likeness (QED) is 0.369. The highest BCUT2D eigenvalue weighted by atomic mass is 35.5. The fourth-order valence-corrected chi connectivity index (χ4v) is 0.880. The Hall–Kier alpha value is -1.81. The molecule has 0 saturated heterocycles. The molecule has 0 aliphatic carbocycles. The monoisotopic (exact) mass is 224 g/mol. The van der Waals surface area contributed by atoms with Crippen LogP contribution >= 0.6 is 11.6 Å².